The van der Waals surface area contributed by atoms with E-state index in [1.807, 2.05) is 6.07 Å². The van der Waals surface area contributed by atoms with Crippen LogP contribution < -0.4 is 0 Å². The number of nitrogens with one attached hydrogen (secondary N) is 1. The van der Waals surface area contributed by atoms with Gasteiger partial charge in [-0.2, -0.15) is 0 Å². The third-order valence-electron chi connectivity index (χ3n) is 3.43. The van der Waals surface area contributed by atoms with Crippen LogP contribution in [0.4, 0.5) is 8.78 Å². The predicted molar refractivity (Wildman–Crippen MR) is 76.4 cm³/mol. The van der Waals surface area contributed by atoms with E-state index in [4.69, 9.17) is 0 Å². The van der Waals surface area contributed by atoms with E-state index in [0.717, 1.165) is 11.5 Å². The van der Waals surface area contributed by atoms with Gasteiger partial charge < -0.3 is 4.98 Å². The van der Waals surface area contributed by atoms with Crippen LogP contribution in [-0.2, 0) is 0 Å². The number of benzene rings is 1. The van der Waals surface area contributed by atoms with Gasteiger partial charge in [0.2, 0.25) is 0 Å². The van der Waals surface area contributed by atoms with Gasteiger partial charge in [0.15, 0.2) is 17.5 Å². The number of H-pyrrole nitrogens is 1. The lowest BCUT2D eigenvalue weighted by Gasteiger charge is -2.07. The van der Waals surface area contributed by atoms with E-state index in [0.29, 0.717) is 17.0 Å². The summed E-state index contributed by atoms with van der Waals surface area (Å²) in [6.07, 6.45) is 4.73. The minimum Gasteiger partial charge on any atom is -0.345 e. The van der Waals surface area contributed by atoms with Crippen molar-refractivity contribution in [1.82, 2.24) is 24.7 Å². The molecule has 5 nitrogen and oxygen atoms in total. The van der Waals surface area contributed by atoms with Crippen LogP contribution in [0.3, 0.4) is 0 Å². The fourth-order valence-corrected chi connectivity index (χ4v) is 2.41. The number of fused-ring (bicyclic) bond motifs is 1. The van der Waals surface area contributed by atoms with Crippen LogP contribution >= 0.6 is 0 Å². The summed E-state index contributed by atoms with van der Waals surface area (Å²) < 4.78 is 28.9. The fourth-order valence-electron chi connectivity index (χ4n) is 2.41. The topological polar surface area (TPSA) is 59.4 Å². The van der Waals surface area contributed by atoms with Crippen LogP contribution in [0.25, 0.3) is 28.1 Å². The maximum atomic E-state index is 14.0. The molecule has 0 aliphatic rings. The molecule has 0 unspecified atom stereocenters. The van der Waals surface area contributed by atoms with Crippen LogP contribution in [0.15, 0.2) is 49.1 Å². The Morgan fingerprint density at radius 3 is 2.91 bits per heavy atom. The lowest BCUT2D eigenvalue weighted by atomic mass is 10.2. The molecule has 7 heteroatoms. The molecule has 108 valence electrons. The Hall–Kier alpha value is -3.09. The molecule has 3 aromatic heterocycles. The summed E-state index contributed by atoms with van der Waals surface area (Å²) in [5.41, 5.74) is 1.45. The number of hydrogen-bond acceptors (Lipinski definition) is 3. The Bertz CT molecular complexity index is 973. The lowest BCUT2D eigenvalue weighted by molar-refractivity contribution is 0.504. The minimum atomic E-state index is -0.943. The molecule has 0 radical (unpaired) electrons. The molecular weight excluding hydrogens is 288 g/mol. The maximum absolute atomic E-state index is 14.0. The molecule has 3 heterocycles. The Morgan fingerprint density at radius 2 is 2.00 bits per heavy atom. The molecule has 0 saturated carbocycles. The summed E-state index contributed by atoms with van der Waals surface area (Å²) in [7, 11) is 0. The zero-order valence-corrected chi connectivity index (χ0v) is 11.2. The molecule has 0 aliphatic carbocycles. The van der Waals surface area contributed by atoms with E-state index in [9.17, 15) is 8.78 Å². The van der Waals surface area contributed by atoms with Crippen molar-refractivity contribution in [3.63, 3.8) is 0 Å². The SMILES string of the molecule is Fc1cccc(-n2cnnc2-c2c[nH]c3ncccc23)c1F. The second-order valence-corrected chi connectivity index (χ2v) is 4.70. The van der Waals surface area contributed by atoms with Gasteiger partial charge in [-0.25, -0.2) is 13.8 Å². The monoisotopic (exact) mass is 297 g/mol. The van der Waals surface area contributed by atoms with Gasteiger partial charge in [-0.3, -0.25) is 4.57 Å². The van der Waals surface area contributed by atoms with Crippen LogP contribution in [0, 0.1) is 11.6 Å². The highest BCUT2D eigenvalue weighted by atomic mass is 19.2. The van der Waals surface area contributed by atoms with Crippen molar-refractivity contribution in [3.05, 3.63) is 60.7 Å². The van der Waals surface area contributed by atoms with Crippen LogP contribution in [0.2, 0.25) is 0 Å². The number of hydrogen-bond donors (Lipinski definition) is 1. The van der Waals surface area contributed by atoms with E-state index in [1.165, 1.54) is 23.0 Å². The summed E-state index contributed by atoms with van der Waals surface area (Å²) in [6.45, 7) is 0. The normalized spacial score (nSPS) is 11.2. The zero-order chi connectivity index (χ0) is 15.1. The molecule has 0 atom stereocenters. The maximum Gasteiger partial charge on any atom is 0.182 e. The molecule has 22 heavy (non-hydrogen) atoms. The third-order valence-corrected chi connectivity index (χ3v) is 3.43. The minimum absolute atomic E-state index is 0.0539. The summed E-state index contributed by atoms with van der Waals surface area (Å²) in [5.74, 6) is -1.46. The molecule has 0 spiro atoms. The van der Waals surface area contributed by atoms with Gasteiger partial charge in [0.1, 0.15) is 12.0 Å². The molecule has 0 fully saturated rings. The van der Waals surface area contributed by atoms with Gasteiger partial charge in [0, 0.05) is 23.3 Å². The molecule has 0 amide bonds. The van der Waals surface area contributed by atoms with Crippen LogP contribution in [0.5, 0.6) is 0 Å². The first-order valence-electron chi connectivity index (χ1n) is 6.52. The first kappa shape index (κ1) is 12.6. The largest absolute Gasteiger partial charge is 0.345 e. The summed E-state index contributed by atoms with van der Waals surface area (Å²) >= 11 is 0. The average molecular weight is 297 g/mol. The van der Waals surface area contributed by atoms with Crippen molar-refractivity contribution in [2.24, 2.45) is 0 Å². The van der Waals surface area contributed by atoms with E-state index < -0.39 is 11.6 Å². The van der Waals surface area contributed by atoms with E-state index in [-0.39, 0.29) is 5.69 Å². The van der Waals surface area contributed by atoms with Crippen LogP contribution in [0.1, 0.15) is 0 Å². The standard InChI is InChI=1S/C15H9F2N5/c16-11-4-1-5-12(13(11)17)22-8-20-21-15(22)10-7-19-14-9(10)3-2-6-18-14/h1-8H,(H,18,19). The second-order valence-electron chi connectivity index (χ2n) is 4.70. The Labute approximate surface area is 123 Å². The zero-order valence-electron chi connectivity index (χ0n) is 11.2. The highest BCUT2D eigenvalue weighted by Gasteiger charge is 2.17. The molecule has 0 aliphatic heterocycles. The van der Waals surface area contributed by atoms with E-state index in [1.54, 1.807) is 18.5 Å². The fraction of sp³-hybridized carbons (Fsp3) is 0. The van der Waals surface area contributed by atoms with Crippen molar-refractivity contribution >= 4 is 11.0 Å². The summed E-state index contributed by atoms with van der Waals surface area (Å²) in [5, 5.41) is 8.68. The number of pyridine rings is 1. The second kappa shape index (κ2) is 4.73. The third kappa shape index (κ3) is 1.79. The molecule has 1 N–H and O–H groups in total. The van der Waals surface area contributed by atoms with Crippen molar-refractivity contribution < 1.29 is 8.78 Å². The van der Waals surface area contributed by atoms with Gasteiger partial charge in [-0.15, -0.1) is 10.2 Å². The Kier molecular flexibility index (Phi) is 2.72. The molecule has 0 bridgehead atoms. The van der Waals surface area contributed by atoms with E-state index >= 15 is 0 Å². The highest BCUT2D eigenvalue weighted by Crippen LogP contribution is 2.28. The number of rotatable bonds is 2. The lowest BCUT2D eigenvalue weighted by Crippen LogP contribution is -2.01. The smallest absolute Gasteiger partial charge is 0.182 e. The molecule has 0 saturated heterocycles. The highest BCUT2D eigenvalue weighted by molar-refractivity contribution is 5.91. The van der Waals surface area contributed by atoms with Gasteiger partial charge in [0.25, 0.3) is 0 Å². The van der Waals surface area contributed by atoms with Gasteiger partial charge in [-0.05, 0) is 24.3 Å². The van der Waals surface area contributed by atoms with Gasteiger partial charge >= 0.3 is 0 Å². The number of aromatic amines is 1. The van der Waals surface area contributed by atoms with Crippen molar-refractivity contribution in [2.75, 3.05) is 0 Å². The quantitative estimate of drug-likeness (QED) is 0.618. The Morgan fingerprint density at radius 1 is 1.09 bits per heavy atom. The van der Waals surface area contributed by atoms with Crippen molar-refractivity contribution in [3.8, 4) is 17.1 Å². The molecular formula is C15H9F2N5. The first-order valence-corrected chi connectivity index (χ1v) is 6.52. The summed E-state index contributed by atoms with van der Waals surface area (Å²) in [6, 6.07) is 7.64. The van der Waals surface area contributed by atoms with E-state index in [2.05, 4.69) is 20.2 Å². The van der Waals surface area contributed by atoms with Crippen molar-refractivity contribution in [2.45, 2.75) is 0 Å². The molecule has 4 rings (SSSR count). The van der Waals surface area contributed by atoms with Gasteiger partial charge in [0.05, 0.1) is 5.69 Å². The number of aromatic nitrogens is 5. The Balaban J connectivity index is 1.96. The average Bonchev–Trinajstić information content (AvgIpc) is 3.16. The molecule has 1 aromatic carbocycles. The summed E-state index contributed by atoms with van der Waals surface area (Å²) in [4.78, 5) is 7.22. The number of nitrogens with zero attached hydrogens (tertiary/aromatic N) is 4. The van der Waals surface area contributed by atoms with Crippen LogP contribution in [-0.4, -0.2) is 24.7 Å². The van der Waals surface area contributed by atoms with Crippen molar-refractivity contribution in [1.29, 1.82) is 0 Å². The molecule has 4 aromatic rings. The first-order chi connectivity index (χ1) is 10.8. The number of halogens is 2. The predicted octanol–water partition coefficient (Wildman–Crippen LogP) is 3.09. The van der Waals surface area contributed by atoms with Gasteiger partial charge in [-0.1, -0.05) is 6.07 Å².